The molecule has 1 aliphatic heterocycles. The topological polar surface area (TPSA) is 84.7 Å². The molecule has 0 bridgehead atoms. The third-order valence-corrected chi connectivity index (χ3v) is 4.02. The second-order valence-corrected chi connectivity index (χ2v) is 5.91. The van der Waals surface area contributed by atoms with Crippen molar-refractivity contribution in [2.45, 2.75) is 13.0 Å². The number of ether oxygens (including phenoxy) is 1. The van der Waals surface area contributed by atoms with Gasteiger partial charge in [-0.15, -0.1) is 0 Å². The highest BCUT2D eigenvalue weighted by atomic mass is 16.6. The molecular weight excluding hydrogens is 322 g/mol. The van der Waals surface area contributed by atoms with E-state index in [4.69, 9.17) is 4.74 Å². The number of nitro benzene ring substituents is 1. The van der Waals surface area contributed by atoms with Crippen LogP contribution < -0.4 is 5.32 Å². The van der Waals surface area contributed by atoms with E-state index in [0.29, 0.717) is 30.9 Å². The molecule has 25 heavy (non-hydrogen) atoms. The Balaban J connectivity index is 1.86. The summed E-state index contributed by atoms with van der Waals surface area (Å²) in [7, 11) is 0. The lowest BCUT2D eigenvalue weighted by Crippen LogP contribution is -2.44. The van der Waals surface area contributed by atoms with Crippen LogP contribution in [0.1, 0.15) is 17.3 Å². The molecule has 0 aliphatic carbocycles. The third-order valence-electron chi connectivity index (χ3n) is 4.02. The lowest BCUT2D eigenvalue weighted by atomic mass is 10.1. The van der Waals surface area contributed by atoms with E-state index in [9.17, 15) is 14.9 Å². The van der Waals surface area contributed by atoms with Gasteiger partial charge in [-0.05, 0) is 31.2 Å². The van der Waals surface area contributed by atoms with Gasteiger partial charge >= 0.3 is 0 Å². The standard InChI is InChI=1S/C18H19N3O4/c1-13-12-20(9-10-25-13)18(22)14-7-8-16(17(11-14)21(23)24)19-15-5-3-2-4-6-15/h2-8,11,13,19H,9-10,12H2,1H3. The fourth-order valence-electron chi connectivity index (χ4n) is 2.78. The number of para-hydroxylation sites is 1. The zero-order valence-corrected chi connectivity index (χ0v) is 13.8. The number of amides is 1. The number of nitrogens with zero attached hydrogens (tertiary/aromatic N) is 2. The Kier molecular flexibility index (Phi) is 4.95. The van der Waals surface area contributed by atoms with Crippen molar-refractivity contribution in [1.29, 1.82) is 0 Å². The van der Waals surface area contributed by atoms with Crippen LogP contribution >= 0.6 is 0 Å². The van der Waals surface area contributed by atoms with E-state index in [-0.39, 0.29) is 17.7 Å². The Bertz CT molecular complexity index is 779. The van der Waals surface area contributed by atoms with Gasteiger partial charge in [0.1, 0.15) is 5.69 Å². The van der Waals surface area contributed by atoms with Gasteiger partial charge in [-0.25, -0.2) is 0 Å². The van der Waals surface area contributed by atoms with Crippen LogP contribution in [0.5, 0.6) is 0 Å². The molecule has 3 rings (SSSR count). The molecule has 7 nitrogen and oxygen atoms in total. The Morgan fingerprint density at radius 3 is 2.72 bits per heavy atom. The van der Waals surface area contributed by atoms with Gasteiger partial charge in [-0.3, -0.25) is 14.9 Å². The molecule has 130 valence electrons. The third kappa shape index (κ3) is 3.95. The first-order valence-electron chi connectivity index (χ1n) is 8.06. The molecule has 2 aromatic carbocycles. The highest BCUT2D eigenvalue weighted by Gasteiger charge is 2.25. The molecule has 1 N–H and O–H groups in total. The number of anilines is 2. The number of nitrogens with one attached hydrogen (secondary N) is 1. The largest absolute Gasteiger partial charge is 0.375 e. The van der Waals surface area contributed by atoms with Gasteiger partial charge in [0.05, 0.1) is 17.6 Å². The van der Waals surface area contributed by atoms with Gasteiger partial charge in [0.15, 0.2) is 0 Å². The number of nitro groups is 1. The Morgan fingerprint density at radius 1 is 1.28 bits per heavy atom. The summed E-state index contributed by atoms with van der Waals surface area (Å²) in [5.41, 5.74) is 1.27. The van der Waals surface area contributed by atoms with Crippen LogP contribution in [0.25, 0.3) is 0 Å². The molecule has 1 aliphatic rings. The molecule has 0 saturated carbocycles. The van der Waals surface area contributed by atoms with Crippen molar-refractivity contribution in [2.24, 2.45) is 0 Å². The van der Waals surface area contributed by atoms with Crippen LogP contribution in [0.2, 0.25) is 0 Å². The quantitative estimate of drug-likeness (QED) is 0.682. The van der Waals surface area contributed by atoms with Crippen molar-refractivity contribution >= 4 is 23.0 Å². The van der Waals surface area contributed by atoms with Gasteiger partial charge in [-0.2, -0.15) is 0 Å². The van der Waals surface area contributed by atoms with Crippen molar-refractivity contribution in [3.8, 4) is 0 Å². The van der Waals surface area contributed by atoms with Crippen LogP contribution in [0.15, 0.2) is 48.5 Å². The number of hydrogen-bond acceptors (Lipinski definition) is 5. The average molecular weight is 341 g/mol. The van der Waals surface area contributed by atoms with E-state index in [2.05, 4.69) is 5.32 Å². The highest BCUT2D eigenvalue weighted by molar-refractivity contribution is 5.96. The lowest BCUT2D eigenvalue weighted by Gasteiger charge is -2.31. The van der Waals surface area contributed by atoms with Crippen LogP contribution in [-0.2, 0) is 4.74 Å². The van der Waals surface area contributed by atoms with E-state index in [1.807, 2.05) is 37.3 Å². The maximum Gasteiger partial charge on any atom is 0.293 e. The zero-order chi connectivity index (χ0) is 17.8. The summed E-state index contributed by atoms with van der Waals surface area (Å²) < 4.78 is 5.43. The van der Waals surface area contributed by atoms with Crippen LogP contribution in [0.3, 0.4) is 0 Å². The summed E-state index contributed by atoms with van der Waals surface area (Å²) in [6.45, 7) is 3.34. The van der Waals surface area contributed by atoms with Gasteiger partial charge in [0.25, 0.3) is 11.6 Å². The first kappa shape index (κ1) is 16.9. The minimum Gasteiger partial charge on any atom is -0.375 e. The molecule has 1 saturated heterocycles. The van der Waals surface area contributed by atoms with E-state index in [1.54, 1.807) is 17.0 Å². The summed E-state index contributed by atoms with van der Waals surface area (Å²) in [5.74, 6) is -0.218. The summed E-state index contributed by atoms with van der Waals surface area (Å²) in [6, 6.07) is 13.7. The van der Waals surface area contributed by atoms with Crippen molar-refractivity contribution in [3.63, 3.8) is 0 Å². The lowest BCUT2D eigenvalue weighted by molar-refractivity contribution is -0.383. The second-order valence-electron chi connectivity index (χ2n) is 5.91. The first-order valence-corrected chi connectivity index (χ1v) is 8.06. The molecular formula is C18H19N3O4. The summed E-state index contributed by atoms with van der Waals surface area (Å²) in [4.78, 5) is 25.2. The van der Waals surface area contributed by atoms with Crippen molar-refractivity contribution in [3.05, 3.63) is 64.2 Å². The molecule has 1 unspecified atom stereocenters. The Labute approximate surface area is 145 Å². The zero-order valence-electron chi connectivity index (χ0n) is 13.8. The predicted molar refractivity (Wildman–Crippen MR) is 94.1 cm³/mol. The Hall–Kier alpha value is -2.93. The number of carbonyl (C=O) groups is 1. The molecule has 2 aromatic rings. The van der Waals surface area contributed by atoms with E-state index >= 15 is 0 Å². The molecule has 7 heteroatoms. The minimum absolute atomic E-state index is 0.0355. The molecule has 1 fully saturated rings. The van der Waals surface area contributed by atoms with Gasteiger partial charge < -0.3 is 15.0 Å². The molecule has 1 amide bonds. The van der Waals surface area contributed by atoms with Crippen LogP contribution in [0, 0.1) is 10.1 Å². The Morgan fingerprint density at radius 2 is 2.04 bits per heavy atom. The van der Waals surface area contributed by atoms with Gasteiger partial charge in [0.2, 0.25) is 0 Å². The molecule has 0 aromatic heterocycles. The average Bonchev–Trinajstić information content (AvgIpc) is 2.62. The molecule has 1 heterocycles. The van der Waals surface area contributed by atoms with E-state index < -0.39 is 4.92 Å². The van der Waals surface area contributed by atoms with Gasteiger partial charge in [0, 0.05) is 30.4 Å². The van der Waals surface area contributed by atoms with E-state index in [1.165, 1.54) is 6.07 Å². The molecule has 1 atom stereocenters. The highest BCUT2D eigenvalue weighted by Crippen LogP contribution is 2.29. The summed E-state index contributed by atoms with van der Waals surface area (Å²) in [5, 5.41) is 14.5. The number of morpholine rings is 1. The maximum absolute atomic E-state index is 12.6. The second kappa shape index (κ2) is 7.31. The fraction of sp³-hybridized carbons (Fsp3) is 0.278. The monoisotopic (exact) mass is 341 g/mol. The normalized spacial score (nSPS) is 17.2. The number of hydrogen-bond donors (Lipinski definition) is 1. The predicted octanol–water partition coefficient (Wildman–Crippen LogP) is 3.20. The molecule has 0 spiro atoms. The summed E-state index contributed by atoms with van der Waals surface area (Å²) in [6.07, 6.45) is -0.0355. The van der Waals surface area contributed by atoms with Crippen LogP contribution in [0.4, 0.5) is 17.1 Å². The van der Waals surface area contributed by atoms with Crippen molar-refractivity contribution < 1.29 is 14.5 Å². The smallest absolute Gasteiger partial charge is 0.293 e. The molecule has 0 radical (unpaired) electrons. The first-order chi connectivity index (χ1) is 12.0. The van der Waals surface area contributed by atoms with Crippen molar-refractivity contribution in [1.82, 2.24) is 4.90 Å². The van der Waals surface area contributed by atoms with Crippen molar-refractivity contribution in [2.75, 3.05) is 25.0 Å². The van der Waals surface area contributed by atoms with Gasteiger partial charge in [-0.1, -0.05) is 18.2 Å². The number of benzene rings is 2. The fourth-order valence-corrected chi connectivity index (χ4v) is 2.78. The van der Waals surface area contributed by atoms with E-state index in [0.717, 1.165) is 5.69 Å². The minimum atomic E-state index is -0.482. The summed E-state index contributed by atoms with van der Waals surface area (Å²) >= 11 is 0. The SMILES string of the molecule is CC1CN(C(=O)c2ccc(Nc3ccccc3)c([N+](=O)[O-])c2)CCO1. The number of rotatable bonds is 4. The number of carbonyl (C=O) groups excluding carboxylic acids is 1. The van der Waals surface area contributed by atoms with Crippen LogP contribution in [-0.4, -0.2) is 41.5 Å². The maximum atomic E-state index is 12.6.